The summed E-state index contributed by atoms with van der Waals surface area (Å²) >= 11 is 0. The predicted molar refractivity (Wildman–Crippen MR) is 60.6 cm³/mol. The first-order chi connectivity index (χ1) is 6.60. The molecule has 0 rings (SSSR count). The summed E-state index contributed by atoms with van der Waals surface area (Å²) in [5, 5.41) is 0. The molecule has 0 saturated heterocycles. The fourth-order valence-corrected chi connectivity index (χ4v) is 1.29. The Labute approximate surface area is 88.1 Å². The Hall–Kier alpha value is -0.410. The van der Waals surface area contributed by atoms with Gasteiger partial charge < -0.3 is 4.90 Å². The van der Waals surface area contributed by atoms with E-state index in [-0.39, 0.29) is 0 Å². The van der Waals surface area contributed by atoms with Gasteiger partial charge >= 0.3 is 0 Å². The average molecular weight is 200 g/mol. The van der Waals surface area contributed by atoms with Gasteiger partial charge in [0.1, 0.15) is 5.78 Å². The van der Waals surface area contributed by atoms with Gasteiger partial charge in [-0.25, -0.2) is 0 Å². The van der Waals surface area contributed by atoms with Crippen LogP contribution in [0.25, 0.3) is 0 Å². The molecule has 0 spiro atoms. The Morgan fingerprint density at radius 2 is 1.71 bits per heavy atom. The van der Waals surface area contributed by atoms with Crippen molar-refractivity contribution in [2.24, 2.45) is 0 Å². The van der Waals surface area contributed by atoms with Crippen LogP contribution in [-0.4, -0.2) is 55.9 Å². The summed E-state index contributed by atoms with van der Waals surface area (Å²) in [6.07, 6.45) is 1.77. The lowest BCUT2D eigenvalue weighted by molar-refractivity contribution is -0.119. The smallest absolute Gasteiger partial charge is 0.146 e. The van der Waals surface area contributed by atoms with Crippen LogP contribution in [0.2, 0.25) is 0 Å². The fourth-order valence-electron chi connectivity index (χ4n) is 1.29. The summed E-state index contributed by atoms with van der Waals surface area (Å²) in [6.45, 7) is 7.75. The molecule has 84 valence electrons. The second-order valence-corrected chi connectivity index (χ2v) is 3.97. The van der Waals surface area contributed by atoms with Crippen molar-refractivity contribution in [2.75, 3.05) is 40.3 Å². The molecular formula is C11H24N2O. The van der Waals surface area contributed by atoms with Crippen LogP contribution in [0.15, 0.2) is 0 Å². The highest BCUT2D eigenvalue weighted by molar-refractivity contribution is 5.80. The van der Waals surface area contributed by atoms with Gasteiger partial charge in [-0.15, -0.1) is 0 Å². The highest BCUT2D eigenvalue weighted by Crippen LogP contribution is 1.94. The summed E-state index contributed by atoms with van der Waals surface area (Å²) in [4.78, 5) is 15.7. The molecule has 0 unspecified atom stereocenters. The van der Waals surface area contributed by atoms with E-state index >= 15 is 0 Å². The van der Waals surface area contributed by atoms with E-state index in [2.05, 4.69) is 30.8 Å². The number of Topliss-reactive ketones (excluding diaryl/α,β-unsaturated/α-hetero) is 1. The minimum atomic E-state index is 0.345. The molecule has 0 aliphatic carbocycles. The van der Waals surface area contributed by atoms with Crippen LogP contribution in [0, 0.1) is 0 Å². The number of hydrogen-bond donors (Lipinski definition) is 0. The van der Waals surface area contributed by atoms with Gasteiger partial charge in [0.25, 0.3) is 0 Å². The standard InChI is InChI=1S/C11H24N2O/c1-5-7-13(9-8-12(3)4)10-11(14)6-2/h5-10H2,1-4H3. The first kappa shape index (κ1) is 13.6. The number of carbonyl (C=O) groups excluding carboxylic acids is 1. The van der Waals surface area contributed by atoms with Crippen LogP contribution in [0.1, 0.15) is 26.7 Å². The largest absolute Gasteiger partial charge is 0.308 e. The van der Waals surface area contributed by atoms with Crippen molar-refractivity contribution in [3.8, 4) is 0 Å². The molecule has 0 aliphatic rings. The molecule has 0 heterocycles. The zero-order valence-corrected chi connectivity index (χ0v) is 10.0. The SMILES string of the molecule is CCCN(CCN(C)C)CC(=O)CC. The van der Waals surface area contributed by atoms with Gasteiger partial charge in [0.2, 0.25) is 0 Å². The monoisotopic (exact) mass is 200 g/mol. The molecular weight excluding hydrogens is 176 g/mol. The van der Waals surface area contributed by atoms with Crippen molar-refractivity contribution in [1.82, 2.24) is 9.80 Å². The van der Waals surface area contributed by atoms with E-state index in [9.17, 15) is 4.79 Å². The van der Waals surface area contributed by atoms with Crippen molar-refractivity contribution >= 4 is 5.78 Å². The number of ketones is 1. The number of hydrogen-bond acceptors (Lipinski definition) is 3. The molecule has 0 radical (unpaired) electrons. The van der Waals surface area contributed by atoms with Crippen molar-refractivity contribution < 1.29 is 4.79 Å². The van der Waals surface area contributed by atoms with Crippen molar-refractivity contribution in [3.63, 3.8) is 0 Å². The lowest BCUT2D eigenvalue weighted by Gasteiger charge is -2.22. The van der Waals surface area contributed by atoms with Crippen molar-refractivity contribution in [2.45, 2.75) is 26.7 Å². The van der Waals surface area contributed by atoms with Gasteiger partial charge in [0.05, 0.1) is 6.54 Å². The Morgan fingerprint density at radius 1 is 1.07 bits per heavy atom. The van der Waals surface area contributed by atoms with Crippen LogP contribution in [0.5, 0.6) is 0 Å². The van der Waals surface area contributed by atoms with Crippen LogP contribution < -0.4 is 0 Å². The Balaban J connectivity index is 3.82. The van der Waals surface area contributed by atoms with Crippen molar-refractivity contribution in [3.05, 3.63) is 0 Å². The number of rotatable bonds is 8. The molecule has 0 bridgehead atoms. The third-order valence-electron chi connectivity index (χ3n) is 2.20. The summed E-state index contributed by atoms with van der Waals surface area (Å²) in [7, 11) is 4.12. The third kappa shape index (κ3) is 7.04. The molecule has 0 aromatic carbocycles. The van der Waals surface area contributed by atoms with Gasteiger partial charge in [-0.1, -0.05) is 13.8 Å². The summed E-state index contributed by atoms with van der Waals surface area (Å²) in [5.41, 5.74) is 0. The number of carbonyl (C=O) groups is 1. The molecule has 0 aromatic heterocycles. The van der Waals surface area contributed by atoms with Crippen LogP contribution in [-0.2, 0) is 4.79 Å². The predicted octanol–water partition coefficient (Wildman–Crippen LogP) is 1.24. The molecule has 0 aliphatic heterocycles. The van der Waals surface area contributed by atoms with Crippen LogP contribution in [0.4, 0.5) is 0 Å². The molecule has 0 fully saturated rings. The second-order valence-electron chi connectivity index (χ2n) is 3.97. The molecule has 0 saturated carbocycles. The minimum absolute atomic E-state index is 0.345. The Bertz CT molecular complexity index is 157. The van der Waals surface area contributed by atoms with Crippen LogP contribution >= 0.6 is 0 Å². The van der Waals surface area contributed by atoms with Gasteiger partial charge in [-0.2, -0.15) is 0 Å². The van der Waals surface area contributed by atoms with E-state index in [1.165, 1.54) is 0 Å². The highest BCUT2D eigenvalue weighted by atomic mass is 16.1. The maximum Gasteiger partial charge on any atom is 0.146 e. The van der Waals surface area contributed by atoms with E-state index in [0.29, 0.717) is 18.7 Å². The van der Waals surface area contributed by atoms with Gasteiger partial charge in [0, 0.05) is 19.5 Å². The summed E-state index contributed by atoms with van der Waals surface area (Å²) < 4.78 is 0. The summed E-state index contributed by atoms with van der Waals surface area (Å²) in [6, 6.07) is 0. The zero-order chi connectivity index (χ0) is 11.0. The maximum atomic E-state index is 11.3. The fraction of sp³-hybridized carbons (Fsp3) is 0.909. The molecule has 3 nitrogen and oxygen atoms in total. The van der Waals surface area contributed by atoms with Gasteiger partial charge in [-0.05, 0) is 27.1 Å². The topological polar surface area (TPSA) is 23.6 Å². The van der Waals surface area contributed by atoms with Gasteiger partial charge in [0.15, 0.2) is 0 Å². The van der Waals surface area contributed by atoms with Gasteiger partial charge in [-0.3, -0.25) is 9.69 Å². The third-order valence-corrected chi connectivity index (χ3v) is 2.20. The minimum Gasteiger partial charge on any atom is -0.308 e. The van der Waals surface area contributed by atoms with E-state index in [1.807, 2.05) is 6.92 Å². The van der Waals surface area contributed by atoms with E-state index in [1.54, 1.807) is 0 Å². The summed E-state index contributed by atoms with van der Waals surface area (Å²) in [5.74, 6) is 0.345. The van der Waals surface area contributed by atoms with Crippen LogP contribution in [0.3, 0.4) is 0 Å². The molecule has 0 amide bonds. The van der Waals surface area contributed by atoms with E-state index < -0.39 is 0 Å². The lowest BCUT2D eigenvalue weighted by Crippen LogP contribution is -2.35. The van der Waals surface area contributed by atoms with Crippen molar-refractivity contribution in [1.29, 1.82) is 0 Å². The molecule has 14 heavy (non-hydrogen) atoms. The normalized spacial score (nSPS) is 11.3. The first-order valence-electron chi connectivity index (χ1n) is 5.48. The second kappa shape index (κ2) is 7.94. The lowest BCUT2D eigenvalue weighted by atomic mass is 10.2. The van der Waals surface area contributed by atoms with E-state index in [4.69, 9.17) is 0 Å². The average Bonchev–Trinajstić information content (AvgIpc) is 2.14. The Kier molecular flexibility index (Phi) is 7.71. The zero-order valence-electron chi connectivity index (χ0n) is 10.0. The molecule has 0 N–H and O–H groups in total. The number of likely N-dealkylation sites (N-methyl/N-ethyl adjacent to an activating group) is 1. The molecule has 3 heteroatoms. The molecule has 0 atom stereocenters. The Morgan fingerprint density at radius 3 is 2.14 bits per heavy atom. The number of nitrogens with zero attached hydrogens (tertiary/aromatic N) is 2. The maximum absolute atomic E-state index is 11.3. The first-order valence-corrected chi connectivity index (χ1v) is 5.48. The molecule has 0 aromatic rings. The van der Waals surface area contributed by atoms with E-state index in [0.717, 1.165) is 26.1 Å². The quantitative estimate of drug-likeness (QED) is 0.589. The highest BCUT2D eigenvalue weighted by Gasteiger charge is 2.08.